The van der Waals surface area contributed by atoms with Crippen molar-refractivity contribution in [2.45, 2.75) is 24.0 Å². The highest BCUT2D eigenvalue weighted by Crippen LogP contribution is 2.35. The number of rotatable bonds is 10. The van der Waals surface area contributed by atoms with Crippen molar-refractivity contribution in [2.24, 2.45) is 5.92 Å². The summed E-state index contributed by atoms with van der Waals surface area (Å²) in [5.41, 5.74) is 1.68. The van der Waals surface area contributed by atoms with Crippen molar-refractivity contribution in [3.8, 4) is 0 Å². The lowest BCUT2D eigenvalue weighted by atomic mass is 10.1. The number of amides is 1. The number of carboxylic acids is 1. The van der Waals surface area contributed by atoms with Crippen LogP contribution < -0.4 is 5.32 Å². The third-order valence-electron chi connectivity index (χ3n) is 5.18. The van der Waals surface area contributed by atoms with Crippen molar-refractivity contribution in [1.82, 2.24) is 5.32 Å². The lowest BCUT2D eigenvalue weighted by molar-refractivity contribution is -0.142. The largest absolute Gasteiger partial charge is 0.480 e. The molecule has 0 aliphatic carbocycles. The predicted octanol–water partition coefficient (Wildman–Crippen LogP) is 4.91. The first-order valence-corrected chi connectivity index (χ1v) is 12.7. The molecule has 0 fully saturated rings. The van der Waals surface area contributed by atoms with Gasteiger partial charge in [0, 0.05) is 17.5 Å². The van der Waals surface area contributed by atoms with E-state index in [1.54, 1.807) is 91.9 Å². The van der Waals surface area contributed by atoms with E-state index in [1.165, 1.54) is 0 Å². The van der Waals surface area contributed by atoms with Gasteiger partial charge in [0.05, 0.1) is 10.5 Å². The van der Waals surface area contributed by atoms with E-state index in [0.29, 0.717) is 11.1 Å². The van der Waals surface area contributed by atoms with E-state index in [4.69, 9.17) is 0 Å². The maximum absolute atomic E-state index is 13.1. The van der Waals surface area contributed by atoms with Crippen LogP contribution in [-0.2, 0) is 16.0 Å². The van der Waals surface area contributed by atoms with Gasteiger partial charge in [-0.05, 0) is 5.56 Å². The van der Waals surface area contributed by atoms with Gasteiger partial charge >= 0.3 is 5.97 Å². The van der Waals surface area contributed by atoms with Crippen molar-refractivity contribution < 1.29 is 24.3 Å². The summed E-state index contributed by atoms with van der Waals surface area (Å²) in [5, 5.41) is 11.7. The highest BCUT2D eigenvalue weighted by molar-refractivity contribution is 8.30. The summed E-state index contributed by atoms with van der Waals surface area (Å²) in [6, 6.07) is 25.1. The fraction of sp³-hybridized carbons (Fsp3) is 0.185. The topological polar surface area (TPSA) is 101 Å². The molecule has 2 atom stereocenters. The lowest BCUT2D eigenvalue weighted by Gasteiger charge is -2.23. The summed E-state index contributed by atoms with van der Waals surface area (Å²) < 4.78 is -0.762. The van der Waals surface area contributed by atoms with Crippen molar-refractivity contribution in [3.63, 3.8) is 0 Å². The first kappa shape index (κ1) is 26.2. The molecule has 35 heavy (non-hydrogen) atoms. The van der Waals surface area contributed by atoms with E-state index < -0.39 is 28.4 Å². The number of nitrogens with one attached hydrogen (secondary N) is 1. The molecule has 0 saturated heterocycles. The summed E-state index contributed by atoms with van der Waals surface area (Å²) in [4.78, 5) is 50.7. The van der Waals surface area contributed by atoms with E-state index in [0.717, 1.165) is 29.1 Å². The Hall–Kier alpha value is -3.36. The van der Waals surface area contributed by atoms with Crippen LogP contribution in [0.4, 0.5) is 0 Å². The highest BCUT2D eigenvalue weighted by Gasteiger charge is 2.33. The Labute approximate surface area is 212 Å². The second kappa shape index (κ2) is 12.9. The van der Waals surface area contributed by atoms with Gasteiger partial charge in [0.15, 0.2) is 0 Å². The molecule has 0 heterocycles. The zero-order valence-corrected chi connectivity index (χ0v) is 20.6. The van der Waals surface area contributed by atoms with Crippen LogP contribution in [0.25, 0.3) is 0 Å². The van der Waals surface area contributed by atoms with E-state index in [2.05, 4.69) is 5.32 Å². The van der Waals surface area contributed by atoms with Gasteiger partial charge in [-0.15, -0.1) is 0 Å². The van der Waals surface area contributed by atoms with Crippen molar-refractivity contribution in [2.75, 3.05) is 0 Å². The van der Waals surface area contributed by atoms with Gasteiger partial charge in [-0.3, -0.25) is 14.4 Å². The molecule has 1 amide bonds. The average molecular weight is 508 g/mol. The Morgan fingerprint density at radius 1 is 0.743 bits per heavy atom. The molecule has 180 valence electrons. The molecule has 8 heteroatoms. The molecule has 0 aliphatic heterocycles. The number of hydrogen-bond donors (Lipinski definition) is 2. The number of benzene rings is 3. The van der Waals surface area contributed by atoms with E-state index in [1.807, 2.05) is 6.07 Å². The van der Waals surface area contributed by atoms with Gasteiger partial charge in [0.2, 0.25) is 16.1 Å². The van der Waals surface area contributed by atoms with Crippen LogP contribution in [0.5, 0.6) is 0 Å². The summed E-state index contributed by atoms with van der Waals surface area (Å²) in [6.45, 7) is 1.60. The van der Waals surface area contributed by atoms with Gasteiger partial charge in [0.25, 0.3) is 0 Å². The number of hydrogen-bond acceptors (Lipinski definition) is 6. The summed E-state index contributed by atoms with van der Waals surface area (Å²) in [6.07, 6.45) is 0.117. The molecule has 3 aromatic rings. The van der Waals surface area contributed by atoms with Crippen LogP contribution in [-0.4, -0.2) is 37.8 Å². The molecule has 0 saturated carbocycles. The van der Waals surface area contributed by atoms with Crippen LogP contribution in [0.3, 0.4) is 0 Å². The molecule has 0 bridgehead atoms. The molecule has 1 unspecified atom stereocenters. The Balaban J connectivity index is 1.77. The zero-order chi connectivity index (χ0) is 25.2. The standard InChI is InChI=1S/C27H25NO5S2/c1-18(23(29)28-22(24(30)31)17-19-11-5-2-6-12-19)27(34-25(32)20-13-7-3-8-14-20)35-26(33)21-15-9-4-10-16-21/h2-16,18,22,27H,17H2,1H3,(H,28,29)(H,30,31)/t18?,22-/m1/s1. The van der Waals surface area contributed by atoms with Gasteiger partial charge in [-0.1, -0.05) is 121 Å². The third kappa shape index (κ3) is 7.83. The second-order valence-electron chi connectivity index (χ2n) is 7.79. The average Bonchev–Trinajstić information content (AvgIpc) is 2.88. The fourth-order valence-corrected chi connectivity index (χ4v) is 5.54. The van der Waals surface area contributed by atoms with Crippen molar-refractivity contribution in [3.05, 3.63) is 108 Å². The first-order valence-electron chi connectivity index (χ1n) is 10.9. The van der Waals surface area contributed by atoms with E-state index >= 15 is 0 Å². The van der Waals surface area contributed by atoms with Gasteiger partial charge in [0.1, 0.15) is 6.04 Å². The summed E-state index contributed by atoms with van der Waals surface area (Å²) in [7, 11) is 0. The molecular formula is C27H25NO5S2. The van der Waals surface area contributed by atoms with Crippen LogP contribution >= 0.6 is 23.5 Å². The molecule has 3 aromatic carbocycles. The number of carboxylic acid groups (broad SMARTS) is 1. The molecule has 0 aromatic heterocycles. The number of aliphatic carboxylic acids is 1. The van der Waals surface area contributed by atoms with Gasteiger partial charge < -0.3 is 10.4 Å². The SMILES string of the molecule is CC(C(=O)N[C@H](Cc1ccccc1)C(=O)O)C(SC(=O)c1ccccc1)SC(=O)c1ccccc1. The smallest absolute Gasteiger partial charge is 0.326 e. The van der Waals surface area contributed by atoms with Crippen LogP contribution in [0.15, 0.2) is 91.0 Å². The minimum Gasteiger partial charge on any atom is -0.480 e. The molecule has 6 nitrogen and oxygen atoms in total. The monoisotopic (exact) mass is 507 g/mol. The number of carbonyl (C=O) groups is 4. The van der Waals surface area contributed by atoms with Crippen LogP contribution in [0.2, 0.25) is 0 Å². The molecule has 2 N–H and O–H groups in total. The lowest BCUT2D eigenvalue weighted by Crippen LogP contribution is -2.46. The van der Waals surface area contributed by atoms with E-state index in [-0.39, 0.29) is 16.7 Å². The van der Waals surface area contributed by atoms with Crippen LogP contribution in [0.1, 0.15) is 33.2 Å². The summed E-state index contributed by atoms with van der Waals surface area (Å²) >= 11 is 1.78. The fourth-order valence-electron chi connectivity index (χ4n) is 3.20. The molecule has 3 rings (SSSR count). The maximum Gasteiger partial charge on any atom is 0.326 e. The Morgan fingerprint density at radius 2 is 1.17 bits per heavy atom. The minimum absolute atomic E-state index is 0.117. The van der Waals surface area contributed by atoms with E-state index in [9.17, 15) is 24.3 Å². The Kier molecular flexibility index (Phi) is 9.69. The first-order chi connectivity index (χ1) is 16.8. The molecule has 0 radical (unpaired) electrons. The predicted molar refractivity (Wildman–Crippen MR) is 139 cm³/mol. The van der Waals surface area contributed by atoms with Gasteiger partial charge in [-0.2, -0.15) is 0 Å². The van der Waals surface area contributed by atoms with Crippen molar-refractivity contribution in [1.29, 1.82) is 0 Å². The van der Waals surface area contributed by atoms with Crippen LogP contribution in [0, 0.1) is 5.92 Å². The molecular weight excluding hydrogens is 482 g/mol. The number of carbonyl (C=O) groups excluding carboxylic acids is 3. The Bertz CT molecular complexity index is 1100. The normalized spacial score (nSPS) is 12.5. The van der Waals surface area contributed by atoms with Crippen molar-refractivity contribution >= 4 is 45.6 Å². The highest BCUT2D eigenvalue weighted by atomic mass is 32.2. The quantitative estimate of drug-likeness (QED) is 0.376. The Morgan fingerprint density at radius 3 is 1.60 bits per heavy atom. The minimum atomic E-state index is -1.16. The maximum atomic E-state index is 13.1. The third-order valence-corrected chi connectivity index (χ3v) is 7.94. The molecule has 0 spiro atoms. The molecule has 0 aliphatic rings. The zero-order valence-electron chi connectivity index (χ0n) is 19.0. The number of thioether (sulfide) groups is 2. The second-order valence-corrected chi connectivity index (χ2v) is 10.3. The van der Waals surface area contributed by atoms with Gasteiger partial charge in [-0.25, -0.2) is 4.79 Å². The summed E-state index contributed by atoms with van der Waals surface area (Å²) in [5.74, 6) is -2.53.